The third kappa shape index (κ3) is 3.58. The summed E-state index contributed by atoms with van der Waals surface area (Å²) in [6.45, 7) is 0.201. The Hall–Kier alpha value is -3.08. The van der Waals surface area contributed by atoms with Gasteiger partial charge < -0.3 is 14.8 Å². The van der Waals surface area contributed by atoms with E-state index in [9.17, 15) is 14.7 Å². The predicted molar refractivity (Wildman–Crippen MR) is 86.1 cm³/mol. The molecule has 1 aromatic heterocycles. The molecule has 3 rings (SSSR count). The fourth-order valence-corrected chi connectivity index (χ4v) is 2.33. The largest absolute Gasteiger partial charge is 0.507 e. The molecule has 0 bridgehead atoms. The summed E-state index contributed by atoms with van der Waals surface area (Å²) in [6, 6.07) is 15.4. The van der Waals surface area contributed by atoms with Crippen molar-refractivity contribution in [1.82, 2.24) is 5.32 Å². The number of aromatic hydroxyl groups is 1. The number of benzene rings is 2. The van der Waals surface area contributed by atoms with E-state index in [1.807, 2.05) is 30.3 Å². The molecule has 0 aliphatic rings. The Morgan fingerprint density at radius 3 is 2.65 bits per heavy atom. The van der Waals surface area contributed by atoms with Crippen molar-refractivity contribution in [3.05, 3.63) is 76.1 Å². The van der Waals surface area contributed by atoms with Crippen LogP contribution in [0.3, 0.4) is 0 Å². The number of amides is 1. The molecule has 0 unspecified atom stereocenters. The lowest BCUT2D eigenvalue weighted by Gasteiger charge is -2.08. The first kappa shape index (κ1) is 14.8. The van der Waals surface area contributed by atoms with Gasteiger partial charge in [-0.05, 0) is 17.7 Å². The van der Waals surface area contributed by atoms with Crippen LogP contribution in [-0.2, 0) is 17.8 Å². The van der Waals surface area contributed by atoms with Crippen molar-refractivity contribution >= 4 is 16.9 Å². The normalized spacial score (nSPS) is 10.6. The summed E-state index contributed by atoms with van der Waals surface area (Å²) >= 11 is 0. The lowest BCUT2D eigenvalue weighted by atomic mass is 10.1. The van der Waals surface area contributed by atoms with Gasteiger partial charge in [0, 0.05) is 29.6 Å². The van der Waals surface area contributed by atoms with Gasteiger partial charge in [0.1, 0.15) is 11.3 Å². The summed E-state index contributed by atoms with van der Waals surface area (Å²) in [5, 5.41) is 13.5. The minimum absolute atomic E-state index is 0.0214. The molecular weight excluding hydrogens is 294 g/mol. The van der Waals surface area contributed by atoms with Gasteiger partial charge in [0.05, 0.1) is 6.42 Å². The third-order valence-corrected chi connectivity index (χ3v) is 3.50. The Balaban J connectivity index is 1.71. The van der Waals surface area contributed by atoms with Gasteiger partial charge in [-0.1, -0.05) is 30.3 Å². The van der Waals surface area contributed by atoms with E-state index in [0.29, 0.717) is 16.5 Å². The zero-order valence-corrected chi connectivity index (χ0v) is 12.3. The summed E-state index contributed by atoms with van der Waals surface area (Å²) < 4.78 is 5.00. The second-order valence-electron chi connectivity index (χ2n) is 5.21. The van der Waals surface area contributed by atoms with Crippen molar-refractivity contribution < 1.29 is 14.3 Å². The van der Waals surface area contributed by atoms with Gasteiger partial charge in [-0.2, -0.15) is 0 Å². The summed E-state index contributed by atoms with van der Waals surface area (Å²) in [4.78, 5) is 23.1. The predicted octanol–water partition coefficient (Wildman–Crippen LogP) is 2.36. The van der Waals surface area contributed by atoms with Crippen LogP contribution >= 0.6 is 0 Å². The molecule has 1 heterocycles. The van der Waals surface area contributed by atoms with Gasteiger partial charge in [-0.15, -0.1) is 0 Å². The van der Waals surface area contributed by atoms with Crippen molar-refractivity contribution in [3.63, 3.8) is 0 Å². The average molecular weight is 309 g/mol. The number of nitrogens with one attached hydrogen (secondary N) is 1. The highest BCUT2D eigenvalue weighted by atomic mass is 16.4. The molecule has 0 spiro atoms. The first-order valence-corrected chi connectivity index (χ1v) is 7.18. The van der Waals surface area contributed by atoms with E-state index in [2.05, 4.69) is 5.32 Å². The van der Waals surface area contributed by atoms with Crippen molar-refractivity contribution in [3.8, 4) is 5.75 Å². The Bertz CT molecular complexity index is 900. The van der Waals surface area contributed by atoms with Crippen molar-refractivity contribution in [2.75, 3.05) is 0 Å². The zero-order valence-electron chi connectivity index (χ0n) is 12.3. The van der Waals surface area contributed by atoms with Crippen molar-refractivity contribution in [2.24, 2.45) is 0 Å². The van der Waals surface area contributed by atoms with Crippen LogP contribution < -0.4 is 10.9 Å². The topological polar surface area (TPSA) is 79.5 Å². The molecule has 0 aliphatic carbocycles. The molecule has 0 saturated carbocycles. The summed E-state index contributed by atoms with van der Waals surface area (Å²) in [5.74, 6) is -0.151. The van der Waals surface area contributed by atoms with Crippen LogP contribution in [0.5, 0.6) is 5.75 Å². The molecule has 0 fully saturated rings. The summed E-state index contributed by atoms with van der Waals surface area (Å²) in [6.07, 6.45) is 0.282. The average Bonchev–Trinajstić information content (AvgIpc) is 2.54. The van der Waals surface area contributed by atoms with E-state index in [4.69, 9.17) is 4.42 Å². The van der Waals surface area contributed by atoms with Crippen LogP contribution in [0.25, 0.3) is 11.0 Å². The Kier molecular flexibility index (Phi) is 4.10. The highest BCUT2D eigenvalue weighted by molar-refractivity contribution is 5.81. The number of rotatable bonds is 4. The van der Waals surface area contributed by atoms with E-state index < -0.39 is 5.63 Å². The number of carbonyl (C=O) groups is 1. The van der Waals surface area contributed by atoms with Crippen molar-refractivity contribution in [2.45, 2.75) is 13.0 Å². The van der Waals surface area contributed by atoms with Gasteiger partial charge in [0.15, 0.2) is 0 Å². The number of phenols is 1. The molecule has 116 valence electrons. The van der Waals surface area contributed by atoms with Gasteiger partial charge in [-0.3, -0.25) is 4.79 Å². The van der Waals surface area contributed by atoms with Crippen LogP contribution in [0.1, 0.15) is 11.1 Å². The maximum atomic E-state index is 12.0. The highest BCUT2D eigenvalue weighted by Crippen LogP contribution is 2.24. The molecule has 0 radical (unpaired) electrons. The minimum atomic E-state index is -0.471. The number of fused-ring (bicyclic) bond motifs is 1. The van der Waals surface area contributed by atoms with Crippen LogP contribution in [-0.4, -0.2) is 11.0 Å². The maximum absolute atomic E-state index is 12.0. The van der Waals surface area contributed by atoms with E-state index in [0.717, 1.165) is 5.56 Å². The van der Waals surface area contributed by atoms with Crippen LogP contribution in [0, 0.1) is 0 Å². The number of hydrogen-bond donors (Lipinski definition) is 2. The third-order valence-electron chi connectivity index (χ3n) is 3.50. The fourth-order valence-electron chi connectivity index (χ4n) is 2.33. The molecule has 3 aromatic rings. The van der Waals surface area contributed by atoms with Gasteiger partial charge in [0.25, 0.3) is 0 Å². The van der Waals surface area contributed by atoms with Crippen molar-refractivity contribution in [1.29, 1.82) is 0 Å². The Morgan fingerprint density at radius 2 is 1.87 bits per heavy atom. The molecule has 0 saturated heterocycles. The summed E-state index contributed by atoms with van der Waals surface area (Å²) in [7, 11) is 0. The molecule has 2 N–H and O–H groups in total. The maximum Gasteiger partial charge on any atom is 0.336 e. The standard InChI is InChI=1S/C18H15NO4/c20-15-10-16-13(6-7-18(22)23-16)9-14(15)11-19-17(21)8-12-4-2-1-3-5-12/h1-7,9-10,20H,8,11H2,(H,19,21). The number of carbonyl (C=O) groups excluding carboxylic acids is 1. The molecule has 1 amide bonds. The van der Waals surface area contributed by atoms with Crippen LogP contribution in [0.4, 0.5) is 0 Å². The molecule has 5 nitrogen and oxygen atoms in total. The fraction of sp³-hybridized carbons (Fsp3) is 0.111. The smallest absolute Gasteiger partial charge is 0.336 e. The molecular formula is C18H15NO4. The van der Waals surface area contributed by atoms with Gasteiger partial charge in [-0.25, -0.2) is 4.79 Å². The quantitative estimate of drug-likeness (QED) is 0.725. The second-order valence-corrected chi connectivity index (χ2v) is 5.21. The zero-order chi connectivity index (χ0) is 16.2. The van der Waals surface area contributed by atoms with E-state index in [1.165, 1.54) is 12.1 Å². The first-order chi connectivity index (χ1) is 11.1. The number of hydrogen-bond acceptors (Lipinski definition) is 4. The van der Waals surface area contributed by atoms with Gasteiger partial charge in [0.2, 0.25) is 5.91 Å². The van der Waals surface area contributed by atoms with Gasteiger partial charge >= 0.3 is 5.63 Å². The van der Waals surface area contributed by atoms with Crippen LogP contribution in [0.15, 0.2) is 63.8 Å². The minimum Gasteiger partial charge on any atom is -0.507 e. The highest BCUT2D eigenvalue weighted by Gasteiger charge is 2.08. The molecule has 0 atom stereocenters. The van der Waals surface area contributed by atoms with E-state index >= 15 is 0 Å². The molecule has 5 heteroatoms. The Labute approximate surface area is 132 Å². The monoisotopic (exact) mass is 309 g/mol. The molecule has 2 aromatic carbocycles. The first-order valence-electron chi connectivity index (χ1n) is 7.18. The SMILES string of the molecule is O=C(Cc1ccccc1)NCc1cc2ccc(=O)oc2cc1O. The Morgan fingerprint density at radius 1 is 1.09 bits per heavy atom. The molecule has 23 heavy (non-hydrogen) atoms. The summed E-state index contributed by atoms with van der Waals surface area (Å²) in [5.41, 5.74) is 1.33. The molecule has 0 aliphatic heterocycles. The van der Waals surface area contributed by atoms with E-state index in [1.54, 1.807) is 12.1 Å². The second kappa shape index (κ2) is 6.36. The van der Waals surface area contributed by atoms with E-state index in [-0.39, 0.29) is 24.6 Å². The number of phenolic OH excluding ortho intramolecular Hbond substituents is 1. The lowest BCUT2D eigenvalue weighted by molar-refractivity contribution is -0.120. The lowest BCUT2D eigenvalue weighted by Crippen LogP contribution is -2.24. The van der Waals surface area contributed by atoms with Crippen LogP contribution in [0.2, 0.25) is 0 Å².